The number of carbonyl (C=O) groups excluding carboxylic acids is 1. The molecule has 0 aliphatic heterocycles. The Morgan fingerprint density at radius 2 is 1.94 bits per heavy atom. The molecule has 5 heteroatoms. The Morgan fingerprint density at radius 1 is 1.31 bits per heavy atom. The van der Waals surface area contributed by atoms with E-state index in [2.05, 4.69) is 24.5 Å². The monoisotopic (exact) mass is 248 g/mol. The SMILES string of the molecule is CCS(=O)CCNC(C)C(=O)NCC(C)C. The van der Waals surface area contributed by atoms with Gasteiger partial charge in [-0.05, 0) is 12.8 Å². The smallest absolute Gasteiger partial charge is 0.236 e. The Morgan fingerprint density at radius 3 is 2.44 bits per heavy atom. The number of rotatable bonds is 8. The molecule has 0 saturated carbocycles. The molecule has 0 aromatic heterocycles. The number of nitrogens with one attached hydrogen (secondary N) is 2. The molecule has 0 bridgehead atoms. The first-order chi connectivity index (χ1) is 7.47. The van der Waals surface area contributed by atoms with E-state index < -0.39 is 10.8 Å². The van der Waals surface area contributed by atoms with Crippen LogP contribution in [0.15, 0.2) is 0 Å². The fraction of sp³-hybridized carbons (Fsp3) is 0.909. The molecule has 16 heavy (non-hydrogen) atoms. The van der Waals surface area contributed by atoms with Crippen molar-refractivity contribution >= 4 is 16.7 Å². The summed E-state index contributed by atoms with van der Waals surface area (Å²) in [6.45, 7) is 9.16. The molecule has 0 heterocycles. The molecule has 0 radical (unpaired) electrons. The van der Waals surface area contributed by atoms with Crippen LogP contribution in [0.3, 0.4) is 0 Å². The van der Waals surface area contributed by atoms with Crippen molar-refractivity contribution in [3.05, 3.63) is 0 Å². The lowest BCUT2D eigenvalue weighted by atomic mass is 10.2. The van der Waals surface area contributed by atoms with Crippen LogP contribution in [-0.4, -0.2) is 40.8 Å². The number of amides is 1. The van der Waals surface area contributed by atoms with Gasteiger partial charge in [0, 0.05) is 35.4 Å². The van der Waals surface area contributed by atoms with Crippen LogP contribution in [0, 0.1) is 5.92 Å². The first kappa shape index (κ1) is 15.6. The van der Waals surface area contributed by atoms with Crippen molar-refractivity contribution in [3.63, 3.8) is 0 Å². The van der Waals surface area contributed by atoms with Crippen LogP contribution in [0.2, 0.25) is 0 Å². The van der Waals surface area contributed by atoms with E-state index in [0.717, 1.165) is 0 Å². The maximum absolute atomic E-state index is 11.5. The molecular formula is C11H24N2O2S. The maximum Gasteiger partial charge on any atom is 0.236 e. The molecule has 96 valence electrons. The topological polar surface area (TPSA) is 58.2 Å². The van der Waals surface area contributed by atoms with Crippen molar-refractivity contribution in [2.75, 3.05) is 24.6 Å². The summed E-state index contributed by atoms with van der Waals surface area (Å²) in [5.41, 5.74) is 0. The lowest BCUT2D eigenvalue weighted by Gasteiger charge is -2.14. The summed E-state index contributed by atoms with van der Waals surface area (Å²) in [6.07, 6.45) is 0. The van der Waals surface area contributed by atoms with Crippen LogP contribution < -0.4 is 10.6 Å². The third kappa shape index (κ3) is 7.82. The fourth-order valence-electron chi connectivity index (χ4n) is 1.08. The third-order valence-electron chi connectivity index (χ3n) is 2.18. The minimum Gasteiger partial charge on any atom is -0.354 e. The van der Waals surface area contributed by atoms with Crippen molar-refractivity contribution in [1.29, 1.82) is 0 Å². The molecule has 0 aliphatic rings. The van der Waals surface area contributed by atoms with Gasteiger partial charge in [-0.15, -0.1) is 0 Å². The Kier molecular flexibility index (Phi) is 8.47. The van der Waals surface area contributed by atoms with Gasteiger partial charge in [0.2, 0.25) is 5.91 Å². The highest BCUT2D eigenvalue weighted by atomic mass is 32.2. The second kappa shape index (κ2) is 8.70. The molecule has 0 spiro atoms. The average molecular weight is 248 g/mol. The van der Waals surface area contributed by atoms with Crippen molar-refractivity contribution in [3.8, 4) is 0 Å². The molecule has 0 rings (SSSR count). The third-order valence-corrected chi connectivity index (χ3v) is 3.48. The molecule has 2 unspecified atom stereocenters. The predicted octanol–water partition coefficient (Wildman–Crippen LogP) is 0.505. The molecular weight excluding hydrogens is 224 g/mol. The molecule has 2 N–H and O–H groups in total. The van der Waals surface area contributed by atoms with Crippen LogP contribution in [0.4, 0.5) is 0 Å². The predicted molar refractivity (Wildman–Crippen MR) is 68.9 cm³/mol. The summed E-state index contributed by atoms with van der Waals surface area (Å²) in [5, 5.41) is 5.92. The molecule has 0 aromatic carbocycles. The van der Waals surface area contributed by atoms with E-state index in [4.69, 9.17) is 0 Å². The van der Waals surface area contributed by atoms with Gasteiger partial charge in [-0.3, -0.25) is 9.00 Å². The van der Waals surface area contributed by atoms with Crippen LogP contribution in [-0.2, 0) is 15.6 Å². The van der Waals surface area contributed by atoms with Crippen LogP contribution in [0.1, 0.15) is 27.7 Å². The van der Waals surface area contributed by atoms with E-state index in [9.17, 15) is 9.00 Å². The summed E-state index contributed by atoms with van der Waals surface area (Å²) < 4.78 is 11.1. The summed E-state index contributed by atoms with van der Waals surface area (Å²) in [5.74, 6) is 1.76. The molecule has 0 saturated heterocycles. The summed E-state index contributed by atoms with van der Waals surface area (Å²) >= 11 is 0. The normalized spacial score (nSPS) is 14.8. The van der Waals surface area contributed by atoms with Crippen molar-refractivity contribution in [2.24, 2.45) is 5.92 Å². The number of hydrogen-bond acceptors (Lipinski definition) is 3. The van der Waals surface area contributed by atoms with Gasteiger partial charge in [0.25, 0.3) is 0 Å². The Balaban J connectivity index is 3.67. The van der Waals surface area contributed by atoms with Gasteiger partial charge in [0.1, 0.15) is 0 Å². The van der Waals surface area contributed by atoms with E-state index >= 15 is 0 Å². The quantitative estimate of drug-likeness (QED) is 0.658. The summed E-state index contributed by atoms with van der Waals surface area (Å²) in [7, 11) is -0.762. The van der Waals surface area contributed by atoms with Crippen molar-refractivity contribution < 1.29 is 9.00 Å². The van der Waals surface area contributed by atoms with Crippen LogP contribution in [0.25, 0.3) is 0 Å². The zero-order valence-electron chi connectivity index (χ0n) is 10.7. The van der Waals surface area contributed by atoms with Crippen molar-refractivity contribution in [1.82, 2.24) is 10.6 Å². The fourth-order valence-corrected chi connectivity index (χ4v) is 1.72. The molecule has 2 atom stereocenters. The second-order valence-electron chi connectivity index (χ2n) is 4.25. The zero-order valence-corrected chi connectivity index (χ0v) is 11.5. The lowest BCUT2D eigenvalue weighted by molar-refractivity contribution is -0.122. The first-order valence-electron chi connectivity index (χ1n) is 5.83. The van der Waals surface area contributed by atoms with E-state index in [-0.39, 0.29) is 11.9 Å². The Labute approximate surface area is 101 Å². The zero-order chi connectivity index (χ0) is 12.6. The standard InChI is InChI=1S/C11H24N2O2S/c1-5-16(15)7-6-12-10(4)11(14)13-8-9(2)3/h9-10,12H,5-8H2,1-4H3,(H,13,14). The molecule has 0 fully saturated rings. The molecule has 0 aromatic rings. The largest absolute Gasteiger partial charge is 0.354 e. The average Bonchev–Trinajstić information content (AvgIpc) is 2.25. The van der Waals surface area contributed by atoms with E-state index in [1.54, 1.807) is 0 Å². The van der Waals surface area contributed by atoms with Gasteiger partial charge >= 0.3 is 0 Å². The van der Waals surface area contributed by atoms with Gasteiger partial charge in [0.05, 0.1) is 6.04 Å². The maximum atomic E-state index is 11.5. The minimum atomic E-state index is -0.762. The first-order valence-corrected chi connectivity index (χ1v) is 7.32. The minimum absolute atomic E-state index is 0.0102. The van der Waals surface area contributed by atoms with Crippen LogP contribution >= 0.6 is 0 Å². The summed E-state index contributed by atoms with van der Waals surface area (Å²) in [4.78, 5) is 11.5. The van der Waals surface area contributed by atoms with E-state index in [0.29, 0.717) is 30.5 Å². The Hall–Kier alpha value is -0.420. The molecule has 0 aliphatic carbocycles. The summed E-state index contributed by atoms with van der Waals surface area (Å²) in [6, 6.07) is -0.215. The second-order valence-corrected chi connectivity index (χ2v) is 6.11. The Bertz CT molecular complexity index is 232. The molecule has 4 nitrogen and oxygen atoms in total. The number of hydrogen-bond donors (Lipinski definition) is 2. The highest BCUT2D eigenvalue weighted by Gasteiger charge is 2.11. The van der Waals surface area contributed by atoms with E-state index in [1.807, 2.05) is 13.8 Å². The highest BCUT2D eigenvalue weighted by Crippen LogP contribution is 1.89. The lowest BCUT2D eigenvalue weighted by Crippen LogP contribution is -2.44. The number of carbonyl (C=O) groups is 1. The van der Waals surface area contributed by atoms with Gasteiger partial charge in [0.15, 0.2) is 0 Å². The van der Waals surface area contributed by atoms with Gasteiger partial charge < -0.3 is 10.6 Å². The van der Waals surface area contributed by atoms with Gasteiger partial charge in [-0.1, -0.05) is 20.8 Å². The van der Waals surface area contributed by atoms with Gasteiger partial charge in [-0.2, -0.15) is 0 Å². The molecule has 1 amide bonds. The highest BCUT2D eigenvalue weighted by molar-refractivity contribution is 7.84. The van der Waals surface area contributed by atoms with Crippen molar-refractivity contribution in [2.45, 2.75) is 33.7 Å². The van der Waals surface area contributed by atoms with E-state index in [1.165, 1.54) is 0 Å². The van der Waals surface area contributed by atoms with Gasteiger partial charge in [-0.25, -0.2) is 0 Å². The van der Waals surface area contributed by atoms with Crippen LogP contribution in [0.5, 0.6) is 0 Å².